The van der Waals surface area contributed by atoms with E-state index in [0.717, 1.165) is 37.7 Å². The highest BCUT2D eigenvalue weighted by Gasteiger charge is 2.55. The van der Waals surface area contributed by atoms with Gasteiger partial charge in [-0.05, 0) is 96.5 Å². The van der Waals surface area contributed by atoms with E-state index >= 15 is 4.39 Å². The van der Waals surface area contributed by atoms with Gasteiger partial charge in [-0.1, -0.05) is 36.3 Å². The van der Waals surface area contributed by atoms with Gasteiger partial charge in [-0.2, -0.15) is 0 Å². The number of halogens is 1. The van der Waals surface area contributed by atoms with Crippen LogP contribution < -0.4 is 0 Å². The molecule has 0 aromatic rings. The third-order valence-corrected chi connectivity index (χ3v) is 8.64. The van der Waals surface area contributed by atoms with Crippen molar-refractivity contribution in [2.75, 3.05) is 6.61 Å². The van der Waals surface area contributed by atoms with Crippen LogP contribution in [0, 0.1) is 17.3 Å². The van der Waals surface area contributed by atoms with Gasteiger partial charge in [0, 0.05) is 5.92 Å². The number of fused-ring (bicyclic) bond motifs is 1. The van der Waals surface area contributed by atoms with E-state index in [1.807, 2.05) is 0 Å². The van der Waals surface area contributed by atoms with Crippen LogP contribution in [-0.2, 0) is 9.47 Å². The van der Waals surface area contributed by atoms with Crippen LogP contribution in [0.3, 0.4) is 0 Å². The number of alkyl halides is 1. The second kappa shape index (κ2) is 11.4. The highest BCUT2D eigenvalue weighted by atomic mass is 19.1. The largest absolute Gasteiger partial charge is 0.508 e. The fraction of sp³-hybridized carbons (Fsp3) is 0.759. The number of allylic oxidation sites excluding steroid dienone is 4. The molecule has 0 saturated heterocycles. The molecule has 0 aromatic carbocycles. The summed E-state index contributed by atoms with van der Waals surface area (Å²) < 4.78 is 26.2. The lowest BCUT2D eigenvalue weighted by Crippen LogP contribution is -2.43. The molecule has 3 fully saturated rings. The van der Waals surface area contributed by atoms with Gasteiger partial charge in [-0.15, -0.1) is 0 Å². The SMILES string of the molecule is CCOC(=O)OC(C)(C)[C@H](O)/C=C/[C@@](C)(F)[C@H]1CC[C@H]2/C(=C/C=C3C[C@@H](O)C[C@H](O)C3)CCC[C@@]21C. The summed E-state index contributed by atoms with van der Waals surface area (Å²) in [6.45, 7) is 8.75. The van der Waals surface area contributed by atoms with E-state index in [9.17, 15) is 20.1 Å². The van der Waals surface area contributed by atoms with Crippen molar-refractivity contribution in [3.8, 4) is 0 Å². The van der Waals surface area contributed by atoms with Crippen molar-refractivity contribution in [2.45, 2.75) is 116 Å². The van der Waals surface area contributed by atoms with Crippen LogP contribution in [0.25, 0.3) is 0 Å². The standard InChI is InChI=1S/C29H45FO6/c1-6-35-26(34)36-27(2,3)25(33)13-15-29(5,30)24-12-11-23-20(8-7-14-28(23,24)4)10-9-19-16-21(31)18-22(32)17-19/h9-10,13,15,21-25,31-33H,6-8,11-12,14,16-18H2,1-5H3/b15-13+,20-10+/t21-,22-,23+,24+,25-,28+,29-/m1/s1. The van der Waals surface area contributed by atoms with E-state index in [1.165, 1.54) is 17.7 Å². The number of ether oxygens (including phenoxy) is 2. The minimum atomic E-state index is -1.64. The van der Waals surface area contributed by atoms with E-state index in [4.69, 9.17) is 9.47 Å². The highest BCUT2D eigenvalue weighted by molar-refractivity contribution is 5.60. The van der Waals surface area contributed by atoms with Gasteiger partial charge in [0.05, 0.1) is 18.8 Å². The maximum atomic E-state index is 16.2. The van der Waals surface area contributed by atoms with Gasteiger partial charge < -0.3 is 24.8 Å². The summed E-state index contributed by atoms with van der Waals surface area (Å²) in [5.74, 6) is 0.0748. The van der Waals surface area contributed by atoms with Gasteiger partial charge in [0.15, 0.2) is 0 Å². The van der Waals surface area contributed by atoms with Crippen LogP contribution in [-0.4, -0.2) is 57.7 Å². The molecule has 7 atom stereocenters. The summed E-state index contributed by atoms with van der Waals surface area (Å²) >= 11 is 0. The van der Waals surface area contributed by atoms with Gasteiger partial charge in [-0.3, -0.25) is 0 Å². The molecule has 0 spiro atoms. The van der Waals surface area contributed by atoms with Gasteiger partial charge >= 0.3 is 6.16 Å². The molecular formula is C29H45FO6. The number of carbonyl (C=O) groups is 1. The van der Waals surface area contributed by atoms with Crippen molar-refractivity contribution in [2.24, 2.45) is 17.3 Å². The maximum absolute atomic E-state index is 16.2. The molecular weight excluding hydrogens is 463 g/mol. The quantitative estimate of drug-likeness (QED) is 0.308. The second-order valence-electron chi connectivity index (χ2n) is 11.9. The Balaban J connectivity index is 1.73. The molecule has 0 radical (unpaired) electrons. The fourth-order valence-electron chi connectivity index (χ4n) is 6.75. The zero-order chi connectivity index (χ0) is 26.7. The van der Waals surface area contributed by atoms with E-state index in [0.29, 0.717) is 19.3 Å². The molecule has 0 aliphatic heterocycles. The van der Waals surface area contributed by atoms with Crippen molar-refractivity contribution >= 4 is 6.16 Å². The van der Waals surface area contributed by atoms with Crippen molar-refractivity contribution in [1.29, 1.82) is 0 Å². The van der Waals surface area contributed by atoms with Gasteiger partial charge in [-0.25, -0.2) is 9.18 Å². The van der Waals surface area contributed by atoms with Crippen LogP contribution in [0.4, 0.5) is 9.18 Å². The molecule has 6 nitrogen and oxygen atoms in total. The van der Waals surface area contributed by atoms with Gasteiger partial charge in [0.1, 0.15) is 17.4 Å². The third kappa shape index (κ3) is 6.59. The Hall–Kier alpha value is -1.70. The fourth-order valence-corrected chi connectivity index (χ4v) is 6.75. The molecule has 36 heavy (non-hydrogen) atoms. The molecule has 0 bridgehead atoms. The van der Waals surface area contributed by atoms with E-state index in [-0.39, 0.29) is 23.9 Å². The number of hydrogen-bond donors (Lipinski definition) is 3. The highest BCUT2D eigenvalue weighted by Crippen LogP contribution is 2.61. The summed E-state index contributed by atoms with van der Waals surface area (Å²) in [4.78, 5) is 11.7. The Morgan fingerprint density at radius 1 is 1.19 bits per heavy atom. The van der Waals surface area contributed by atoms with Crippen LogP contribution in [0.2, 0.25) is 0 Å². The number of aliphatic hydroxyl groups excluding tert-OH is 3. The topological polar surface area (TPSA) is 96.2 Å². The zero-order valence-corrected chi connectivity index (χ0v) is 22.5. The summed E-state index contributed by atoms with van der Waals surface area (Å²) in [6, 6.07) is 0. The molecule has 3 aliphatic carbocycles. The number of hydrogen-bond acceptors (Lipinski definition) is 6. The van der Waals surface area contributed by atoms with Crippen LogP contribution in [0.1, 0.15) is 86.0 Å². The first-order valence-corrected chi connectivity index (χ1v) is 13.4. The number of carbonyl (C=O) groups excluding carboxylic acids is 1. The van der Waals surface area contributed by atoms with Crippen molar-refractivity contribution in [1.82, 2.24) is 0 Å². The Bertz CT molecular complexity index is 863. The van der Waals surface area contributed by atoms with Crippen molar-refractivity contribution in [3.05, 3.63) is 35.5 Å². The molecule has 0 unspecified atom stereocenters. The van der Waals surface area contributed by atoms with Crippen LogP contribution in [0.5, 0.6) is 0 Å². The van der Waals surface area contributed by atoms with Gasteiger partial charge in [0.2, 0.25) is 0 Å². The second-order valence-corrected chi connectivity index (χ2v) is 11.9. The Labute approximate surface area is 215 Å². The average molecular weight is 509 g/mol. The third-order valence-electron chi connectivity index (χ3n) is 8.64. The van der Waals surface area contributed by atoms with Crippen molar-refractivity contribution < 1.29 is 34.0 Å². The lowest BCUT2D eigenvalue weighted by atomic mass is 9.60. The van der Waals surface area contributed by atoms with Crippen molar-refractivity contribution in [3.63, 3.8) is 0 Å². The monoisotopic (exact) mass is 508 g/mol. The van der Waals surface area contributed by atoms with Crippen LogP contribution >= 0.6 is 0 Å². The van der Waals surface area contributed by atoms with E-state index in [1.54, 1.807) is 27.7 Å². The molecule has 0 heterocycles. The average Bonchev–Trinajstić information content (AvgIpc) is 3.13. The first-order valence-electron chi connectivity index (χ1n) is 13.4. The summed E-state index contributed by atoms with van der Waals surface area (Å²) in [5.41, 5.74) is -0.699. The van der Waals surface area contributed by atoms with E-state index < -0.39 is 35.7 Å². The van der Waals surface area contributed by atoms with Crippen LogP contribution in [0.15, 0.2) is 35.5 Å². The molecule has 0 aromatic heterocycles. The normalized spacial score (nSPS) is 34.8. The van der Waals surface area contributed by atoms with E-state index in [2.05, 4.69) is 19.1 Å². The molecule has 3 N–H and O–H groups in total. The number of aliphatic hydroxyl groups is 3. The molecule has 3 saturated carbocycles. The minimum absolute atomic E-state index is 0.169. The first-order chi connectivity index (χ1) is 16.8. The lowest BCUT2D eigenvalue weighted by Gasteiger charge is -2.45. The molecule has 7 heteroatoms. The van der Waals surface area contributed by atoms with Gasteiger partial charge in [0.25, 0.3) is 0 Å². The number of rotatable bonds is 7. The summed E-state index contributed by atoms with van der Waals surface area (Å²) in [6.07, 6.45) is 10.2. The maximum Gasteiger partial charge on any atom is 0.508 e. The molecule has 3 rings (SSSR count). The Morgan fingerprint density at radius 2 is 1.86 bits per heavy atom. The predicted molar refractivity (Wildman–Crippen MR) is 137 cm³/mol. The predicted octanol–water partition coefficient (Wildman–Crippen LogP) is 5.56. The molecule has 0 amide bonds. The molecule has 204 valence electrons. The minimum Gasteiger partial charge on any atom is -0.435 e. The molecule has 3 aliphatic rings. The Morgan fingerprint density at radius 3 is 2.50 bits per heavy atom. The Kier molecular flexibility index (Phi) is 9.11. The smallest absolute Gasteiger partial charge is 0.435 e. The summed E-state index contributed by atoms with van der Waals surface area (Å²) in [5, 5.41) is 30.6. The summed E-state index contributed by atoms with van der Waals surface area (Å²) in [7, 11) is 0. The lowest BCUT2D eigenvalue weighted by molar-refractivity contribution is -0.0661. The zero-order valence-electron chi connectivity index (χ0n) is 22.5. The first kappa shape index (κ1) is 28.9.